The van der Waals surface area contributed by atoms with E-state index in [1.165, 1.54) is 0 Å². The van der Waals surface area contributed by atoms with Gasteiger partial charge in [0.1, 0.15) is 4.88 Å². The van der Waals surface area contributed by atoms with E-state index >= 15 is 0 Å². The van der Waals surface area contributed by atoms with Gasteiger partial charge in [0.05, 0.1) is 11.1 Å². The molecule has 19 heavy (non-hydrogen) atoms. The summed E-state index contributed by atoms with van der Waals surface area (Å²) < 4.78 is 0. The minimum atomic E-state index is -0.863. The van der Waals surface area contributed by atoms with E-state index in [4.69, 9.17) is 5.73 Å². The van der Waals surface area contributed by atoms with Crippen LogP contribution in [0, 0.1) is 12.3 Å². The van der Waals surface area contributed by atoms with Gasteiger partial charge in [-0.2, -0.15) is 0 Å². The van der Waals surface area contributed by atoms with Crippen molar-refractivity contribution in [3.8, 4) is 0 Å². The molecule has 1 aliphatic rings. The highest BCUT2D eigenvalue weighted by molar-refractivity contribution is 7.17. The highest BCUT2D eigenvalue weighted by Gasteiger charge is 2.40. The summed E-state index contributed by atoms with van der Waals surface area (Å²) in [5.74, 6) is -1.02. The van der Waals surface area contributed by atoms with Gasteiger partial charge in [0.2, 0.25) is 0 Å². The van der Waals surface area contributed by atoms with E-state index in [1.807, 2.05) is 0 Å². The number of aliphatic carboxylic acids is 1. The number of carbonyl (C=O) groups excluding carboxylic acids is 1. The molecule has 1 aliphatic heterocycles. The van der Waals surface area contributed by atoms with Crippen molar-refractivity contribution in [1.82, 2.24) is 9.88 Å². The Labute approximate surface area is 115 Å². The van der Waals surface area contributed by atoms with Gasteiger partial charge in [-0.1, -0.05) is 11.3 Å². The predicted octanol–water partition coefficient (Wildman–Crippen LogP) is 1.36. The lowest BCUT2D eigenvalue weighted by molar-refractivity contribution is -0.150. The zero-order chi connectivity index (χ0) is 14.2. The molecule has 0 saturated carbocycles. The zero-order valence-electron chi connectivity index (χ0n) is 11.0. The Hall–Kier alpha value is -1.63. The second-order valence-corrected chi connectivity index (χ2v) is 6.19. The van der Waals surface area contributed by atoms with Gasteiger partial charge in [0.25, 0.3) is 5.91 Å². The Bertz CT molecular complexity index is 528. The van der Waals surface area contributed by atoms with Gasteiger partial charge in [-0.05, 0) is 26.7 Å². The molecule has 1 atom stereocenters. The third-order valence-electron chi connectivity index (χ3n) is 3.51. The van der Waals surface area contributed by atoms with Crippen LogP contribution in [0.25, 0.3) is 0 Å². The largest absolute Gasteiger partial charge is 0.481 e. The number of aromatic nitrogens is 1. The summed E-state index contributed by atoms with van der Waals surface area (Å²) in [7, 11) is 0. The van der Waals surface area contributed by atoms with E-state index in [2.05, 4.69) is 4.98 Å². The molecule has 1 aromatic rings. The SMILES string of the molecule is Cc1nc(N)sc1C(=O)N1CCCC(C)(C(=O)O)C1. The Balaban J connectivity index is 2.20. The first-order chi connectivity index (χ1) is 8.83. The van der Waals surface area contributed by atoms with E-state index in [1.54, 1.807) is 18.7 Å². The van der Waals surface area contributed by atoms with Crippen molar-refractivity contribution in [2.75, 3.05) is 18.8 Å². The third kappa shape index (κ3) is 2.56. The van der Waals surface area contributed by atoms with Crippen molar-refractivity contribution in [3.05, 3.63) is 10.6 Å². The number of likely N-dealkylation sites (tertiary alicyclic amines) is 1. The maximum absolute atomic E-state index is 12.4. The average Bonchev–Trinajstić information content (AvgIpc) is 2.67. The number of aryl methyl sites for hydroxylation is 1. The van der Waals surface area contributed by atoms with E-state index in [-0.39, 0.29) is 12.5 Å². The van der Waals surface area contributed by atoms with Crippen molar-refractivity contribution in [3.63, 3.8) is 0 Å². The fraction of sp³-hybridized carbons (Fsp3) is 0.583. The van der Waals surface area contributed by atoms with Gasteiger partial charge in [0.15, 0.2) is 5.13 Å². The molecule has 1 amide bonds. The highest BCUT2D eigenvalue weighted by Crippen LogP contribution is 2.31. The summed E-state index contributed by atoms with van der Waals surface area (Å²) >= 11 is 1.15. The second kappa shape index (κ2) is 4.80. The molecule has 3 N–H and O–H groups in total. The Morgan fingerprint density at radius 2 is 2.21 bits per heavy atom. The van der Waals surface area contributed by atoms with Gasteiger partial charge >= 0.3 is 5.97 Å². The monoisotopic (exact) mass is 283 g/mol. The van der Waals surface area contributed by atoms with Gasteiger partial charge < -0.3 is 15.7 Å². The third-order valence-corrected chi connectivity index (χ3v) is 4.48. The summed E-state index contributed by atoms with van der Waals surface area (Å²) in [6.07, 6.45) is 1.29. The first-order valence-electron chi connectivity index (χ1n) is 6.09. The predicted molar refractivity (Wildman–Crippen MR) is 72.1 cm³/mol. The molecule has 0 aliphatic carbocycles. The molecule has 0 radical (unpaired) electrons. The van der Waals surface area contributed by atoms with Crippen molar-refractivity contribution in [1.29, 1.82) is 0 Å². The highest BCUT2D eigenvalue weighted by atomic mass is 32.1. The Morgan fingerprint density at radius 1 is 1.53 bits per heavy atom. The number of hydrogen-bond donors (Lipinski definition) is 2. The number of carboxylic acids is 1. The van der Waals surface area contributed by atoms with Crippen LogP contribution in [0.15, 0.2) is 0 Å². The second-order valence-electron chi connectivity index (χ2n) is 5.16. The first-order valence-corrected chi connectivity index (χ1v) is 6.91. The number of nitrogens with zero attached hydrogens (tertiary/aromatic N) is 2. The fourth-order valence-corrected chi connectivity index (χ4v) is 3.15. The smallest absolute Gasteiger partial charge is 0.311 e. The molecule has 0 aromatic carbocycles. The van der Waals surface area contributed by atoms with Crippen molar-refractivity contribution in [2.45, 2.75) is 26.7 Å². The van der Waals surface area contributed by atoms with Crippen molar-refractivity contribution >= 4 is 28.3 Å². The quantitative estimate of drug-likeness (QED) is 0.854. The lowest BCUT2D eigenvalue weighted by atomic mass is 9.82. The Kier molecular flexibility index (Phi) is 3.49. The Morgan fingerprint density at radius 3 is 2.74 bits per heavy atom. The number of hydrogen-bond acceptors (Lipinski definition) is 5. The molecule has 6 nitrogen and oxygen atoms in total. The number of rotatable bonds is 2. The normalized spacial score (nSPS) is 23.4. The van der Waals surface area contributed by atoms with Crippen LogP contribution in [0.1, 0.15) is 35.1 Å². The van der Waals surface area contributed by atoms with Crippen LogP contribution in [0.4, 0.5) is 5.13 Å². The van der Waals surface area contributed by atoms with Gasteiger partial charge in [-0.3, -0.25) is 9.59 Å². The molecule has 2 heterocycles. The number of nitrogen functional groups attached to an aromatic ring is 1. The van der Waals surface area contributed by atoms with Crippen LogP contribution in [0.2, 0.25) is 0 Å². The standard InChI is InChI=1S/C12H17N3O3S/c1-7-8(19-11(13)14-7)9(16)15-5-3-4-12(2,6-15)10(17)18/h3-6H2,1-2H3,(H2,13,14)(H,17,18). The molecule has 1 unspecified atom stereocenters. The summed E-state index contributed by atoms with van der Waals surface area (Å²) in [5.41, 5.74) is 5.33. The number of anilines is 1. The molecular formula is C12H17N3O3S. The molecule has 0 spiro atoms. The minimum absolute atomic E-state index is 0.168. The van der Waals surface area contributed by atoms with Gasteiger partial charge in [-0.25, -0.2) is 4.98 Å². The number of amides is 1. The fourth-order valence-electron chi connectivity index (χ4n) is 2.35. The van der Waals surface area contributed by atoms with Gasteiger partial charge in [0, 0.05) is 13.1 Å². The van der Waals surface area contributed by atoms with Crippen LogP contribution in [-0.2, 0) is 4.79 Å². The molecule has 1 fully saturated rings. The number of carboxylic acid groups (broad SMARTS) is 1. The lowest BCUT2D eigenvalue weighted by Gasteiger charge is -2.37. The van der Waals surface area contributed by atoms with E-state index in [0.717, 1.165) is 11.3 Å². The van der Waals surface area contributed by atoms with Crippen LogP contribution < -0.4 is 5.73 Å². The summed E-state index contributed by atoms with van der Waals surface area (Å²) in [4.78, 5) is 29.8. The maximum atomic E-state index is 12.4. The van der Waals surface area contributed by atoms with Crippen LogP contribution >= 0.6 is 11.3 Å². The molecule has 1 saturated heterocycles. The topological polar surface area (TPSA) is 96.5 Å². The van der Waals surface area contributed by atoms with E-state index in [9.17, 15) is 14.7 Å². The average molecular weight is 283 g/mol. The molecule has 104 valence electrons. The van der Waals surface area contributed by atoms with Crippen molar-refractivity contribution in [2.24, 2.45) is 5.41 Å². The maximum Gasteiger partial charge on any atom is 0.311 e. The zero-order valence-corrected chi connectivity index (χ0v) is 11.8. The molecule has 0 bridgehead atoms. The lowest BCUT2D eigenvalue weighted by Crippen LogP contribution is -2.48. The summed E-state index contributed by atoms with van der Waals surface area (Å²) in [6, 6.07) is 0. The number of piperidine rings is 1. The van der Waals surface area contributed by atoms with Gasteiger partial charge in [-0.15, -0.1) is 0 Å². The van der Waals surface area contributed by atoms with Crippen molar-refractivity contribution < 1.29 is 14.7 Å². The van der Waals surface area contributed by atoms with Crippen LogP contribution in [0.3, 0.4) is 0 Å². The number of thiazole rings is 1. The van der Waals surface area contributed by atoms with Crippen LogP contribution in [0.5, 0.6) is 0 Å². The number of nitrogens with two attached hydrogens (primary N) is 1. The molecular weight excluding hydrogens is 266 g/mol. The molecule has 2 rings (SSSR count). The van der Waals surface area contributed by atoms with Crippen LogP contribution in [-0.4, -0.2) is 40.0 Å². The summed E-state index contributed by atoms with van der Waals surface area (Å²) in [5, 5.41) is 9.62. The minimum Gasteiger partial charge on any atom is -0.481 e. The number of carbonyl (C=O) groups is 2. The van der Waals surface area contributed by atoms with E-state index < -0.39 is 11.4 Å². The molecule has 1 aromatic heterocycles. The molecule has 7 heteroatoms. The summed E-state index contributed by atoms with van der Waals surface area (Å²) in [6.45, 7) is 4.24. The first kappa shape index (κ1) is 13.8. The van der Waals surface area contributed by atoms with E-state index in [0.29, 0.717) is 35.1 Å².